The van der Waals surface area contributed by atoms with Crippen molar-refractivity contribution in [2.75, 3.05) is 15.8 Å². The second kappa shape index (κ2) is 11.7. The SMILES string of the molecule is Cc1noc(NS(=O)(=O)c2ccc(NC(=O)CSc3nnc(-c4ccccc4)c(-c4ccccc4)n3)cc2)c1C. The first-order valence-corrected chi connectivity index (χ1v) is 14.6. The molecule has 0 saturated carbocycles. The van der Waals surface area contributed by atoms with Crippen LogP contribution in [0.15, 0.2) is 99.5 Å². The molecule has 0 saturated heterocycles. The smallest absolute Gasteiger partial charge is 0.264 e. The monoisotopic (exact) mass is 572 g/mol. The summed E-state index contributed by atoms with van der Waals surface area (Å²) in [4.78, 5) is 17.4. The van der Waals surface area contributed by atoms with E-state index in [-0.39, 0.29) is 22.4 Å². The summed E-state index contributed by atoms with van der Waals surface area (Å²) in [5.41, 5.74) is 4.75. The maximum Gasteiger partial charge on any atom is 0.264 e. The van der Waals surface area contributed by atoms with Gasteiger partial charge in [-0.25, -0.2) is 18.1 Å². The summed E-state index contributed by atoms with van der Waals surface area (Å²) >= 11 is 1.15. The molecule has 202 valence electrons. The number of amides is 1. The third-order valence-electron chi connectivity index (χ3n) is 5.93. The molecule has 2 heterocycles. The quantitative estimate of drug-likeness (QED) is 0.224. The van der Waals surface area contributed by atoms with E-state index in [4.69, 9.17) is 9.51 Å². The predicted molar refractivity (Wildman–Crippen MR) is 153 cm³/mol. The predicted octanol–water partition coefficient (Wildman–Crippen LogP) is 5.34. The molecule has 10 nitrogen and oxygen atoms in total. The summed E-state index contributed by atoms with van der Waals surface area (Å²) in [5.74, 6) is -0.203. The molecule has 0 aliphatic rings. The number of carbonyl (C=O) groups is 1. The molecular weight excluding hydrogens is 548 g/mol. The standard InChI is InChI=1S/C28H24N6O4S2/c1-18-19(2)33-38-27(18)34-40(36,37)23-15-13-22(14-16-23)29-24(35)17-39-28-30-25(20-9-5-3-6-10-20)26(31-32-28)21-11-7-4-8-12-21/h3-16,34H,17H2,1-2H3,(H,29,35). The van der Waals surface area contributed by atoms with Gasteiger partial charge in [0.1, 0.15) is 11.4 Å². The van der Waals surface area contributed by atoms with E-state index in [1.165, 1.54) is 24.3 Å². The molecule has 0 fully saturated rings. The Balaban J connectivity index is 1.25. The summed E-state index contributed by atoms with van der Waals surface area (Å²) in [5, 5.41) is 15.5. The molecule has 0 spiro atoms. The van der Waals surface area contributed by atoms with E-state index >= 15 is 0 Å². The first-order chi connectivity index (χ1) is 19.3. The van der Waals surface area contributed by atoms with Gasteiger partial charge in [0, 0.05) is 22.4 Å². The van der Waals surface area contributed by atoms with Gasteiger partial charge in [0.25, 0.3) is 10.0 Å². The van der Waals surface area contributed by atoms with Crippen LogP contribution in [0.4, 0.5) is 11.6 Å². The number of thioether (sulfide) groups is 1. The number of carbonyl (C=O) groups excluding carboxylic acids is 1. The van der Waals surface area contributed by atoms with Crippen molar-refractivity contribution >= 4 is 39.3 Å². The van der Waals surface area contributed by atoms with Crippen molar-refractivity contribution in [1.29, 1.82) is 0 Å². The first kappa shape index (κ1) is 27.0. The number of anilines is 2. The molecule has 0 radical (unpaired) electrons. The fraction of sp³-hybridized carbons (Fsp3) is 0.107. The van der Waals surface area contributed by atoms with Crippen LogP contribution in [0.2, 0.25) is 0 Å². The number of hydrogen-bond donors (Lipinski definition) is 2. The number of aryl methyl sites for hydroxylation is 1. The zero-order chi connectivity index (χ0) is 28.1. The minimum atomic E-state index is -3.89. The lowest BCUT2D eigenvalue weighted by Gasteiger charge is -2.10. The van der Waals surface area contributed by atoms with Crippen LogP contribution in [0.1, 0.15) is 11.3 Å². The van der Waals surface area contributed by atoms with Gasteiger partial charge in [-0.2, -0.15) is 0 Å². The highest BCUT2D eigenvalue weighted by atomic mass is 32.2. The van der Waals surface area contributed by atoms with Crippen molar-refractivity contribution < 1.29 is 17.7 Å². The van der Waals surface area contributed by atoms with Crippen molar-refractivity contribution in [2.24, 2.45) is 0 Å². The molecule has 2 N–H and O–H groups in total. The third kappa shape index (κ3) is 6.19. The Morgan fingerprint density at radius 3 is 2.08 bits per heavy atom. The van der Waals surface area contributed by atoms with Gasteiger partial charge in [0.15, 0.2) is 0 Å². The molecule has 5 aromatic rings. The number of nitrogens with zero attached hydrogens (tertiary/aromatic N) is 4. The summed E-state index contributed by atoms with van der Waals surface area (Å²) in [6.45, 7) is 3.43. The van der Waals surface area contributed by atoms with Crippen LogP contribution >= 0.6 is 11.8 Å². The molecule has 3 aromatic carbocycles. The molecule has 12 heteroatoms. The van der Waals surface area contributed by atoms with Crippen molar-refractivity contribution in [3.63, 3.8) is 0 Å². The Bertz CT molecular complexity index is 1740. The highest BCUT2D eigenvalue weighted by Crippen LogP contribution is 2.30. The lowest BCUT2D eigenvalue weighted by atomic mass is 10.0. The topological polar surface area (TPSA) is 140 Å². The third-order valence-corrected chi connectivity index (χ3v) is 8.11. The number of nitrogens with one attached hydrogen (secondary N) is 2. The number of sulfonamides is 1. The number of benzene rings is 3. The van der Waals surface area contributed by atoms with Gasteiger partial charge in [0.05, 0.1) is 16.3 Å². The van der Waals surface area contributed by atoms with Gasteiger partial charge in [-0.15, -0.1) is 10.2 Å². The molecule has 0 aliphatic heterocycles. The lowest BCUT2D eigenvalue weighted by molar-refractivity contribution is -0.113. The van der Waals surface area contributed by atoms with Gasteiger partial charge in [0.2, 0.25) is 16.9 Å². The van der Waals surface area contributed by atoms with Crippen LogP contribution in [-0.2, 0) is 14.8 Å². The summed E-state index contributed by atoms with van der Waals surface area (Å²) in [6.07, 6.45) is 0. The van der Waals surface area contributed by atoms with E-state index in [0.29, 0.717) is 33.5 Å². The van der Waals surface area contributed by atoms with Crippen LogP contribution in [-0.4, -0.2) is 40.4 Å². The Kier molecular flexibility index (Phi) is 7.89. The Hall–Kier alpha value is -4.55. The van der Waals surface area contributed by atoms with Crippen LogP contribution in [0.5, 0.6) is 0 Å². The van der Waals surface area contributed by atoms with Crippen LogP contribution in [0.3, 0.4) is 0 Å². The van der Waals surface area contributed by atoms with E-state index < -0.39 is 10.0 Å². The van der Waals surface area contributed by atoms with Gasteiger partial charge in [-0.1, -0.05) is 77.6 Å². The van der Waals surface area contributed by atoms with E-state index in [9.17, 15) is 13.2 Å². The van der Waals surface area contributed by atoms with Crippen molar-refractivity contribution in [1.82, 2.24) is 20.3 Å². The lowest BCUT2D eigenvalue weighted by Crippen LogP contribution is -2.15. The number of rotatable bonds is 9. The van der Waals surface area contributed by atoms with Gasteiger partial charge < -0.3 is 9.84 Å². The first-order valence-electron chi connectivity index (χ1n) is 12.1. The largest absolute Gasteiger partial charge is 0.337 e. The van der Waals surface area contributed by atoms with E-state index in [1.54, 1.807) is 13.8 Å². The molecule has 2 aromatic heterocycles. The molecule has 5 rings (SSSR count). The van der Waals surface area contributed by atoms with Crippen molar-refractivity contribution in [3.05, 3.63) is 96.2 Å². The van der Waals surface area contributed by atoms with Crippen LogP contribution < -0.4 is 10.0 Å². The van der Waals surface area contributed by atoms with Crippen molar-refractivity contribution in [3.8, 4) is 22.5 Å². The highest BCUT2D eigenvalue weighted by Gasteiger charge is 2.19. The fourth-order valence-corrected chi connectivity index (χ4v) is 5.33. The molecule has 0 atom stereocenters. The molecule has 1 amide bonds. The summed E-state index contributed by atoms with van der Waals surface area (Å²) in [7, 11) is -3.89. The van der Waals surface area contributed by atoms with Crippen LogP contribution in [0.25, 0.3) is 22.5 Å². The second-order valence-corrected chi connectivity index (χ2v) is 11.3. The minimum absolute atomic E-state index is 0.0137. The average molecular weight is 573 g/mol. The Morgan fingerprint density at radius 2 is 1.48 bits per heavy atom. The highest BCUT2D eigenvalue weighted by molar-refractivity contribution is 7.99. The normalized spacial score (nSPS) is 11.2. The average Bonchev–Trinajstić information content (AvgIpc) is 3.29. The van der Waals surface area contributed by atoms with Gasteiger partial charge >= 0.3 is 0 Å². The molecular formula is C28H24N6O4S2. The zero-order valence-electron chi connectivity index (χ0n) is 21.5. The fourth-order valence-electron chi connectivity index (χ4n) is 3.70. The maximum absolute atomic E-state index is 12.7. The van der Waals surface area contributed by atoms with E-state index in [1.807, 2.05) is 60.7 Å². The second-order valence-electron chi connectivity index (χ2n) is 8.71. The molecule has 40 heavy (non-hydrogen) atoms. The summed E-state index contributed by atoms with van der Waals surface area (Å²) in [6, 6.07) is 25.2. The molecule has 0 bridgehead atoms. The number of aromatic nitrogens is 4. The molecule has 0 aliphatic carbocycles. The van der Waals surface area contributed by atoms with Gasteiger partial charge in [-0.3, -0.25) is 4.79 Å². The maximum atomic E-state index is 12.7. The Morgan fingerprint density at radius 1 is 0.850 bits per heavy atom. The van der Waals surface area contributed by atoms with Gasteiger partial charge in [-0.05, 0) is 38.1 Å². The number of hydrogen-bond acceptors (Lipinski definition) is 9. The summed E-state index contributed by atoms with van der Waals surface area (Å²) < 4.78 is 32.8. The van der Waals surface area contributed by atoms with Crippen LogP contribution in [0, 0.1) is 13.8 Å². The van der Waals surface area contributed by atoms with Crippen molar-refractivity contribution in [2.45, 2.75) is 23.9 Å². The Labute approximate surface area is 235 Å². The minimum Gasteiger partial charge on any atom is -0.337 e. The zero-order valence-corrected chi connectivity index (χ0v) is 23.2. The van der Waals surface area contributed by atoms with E-state index in [2.05, 4.69) is 25.4 Å². The van der Waals surface area contributed by atoms with E-state index in [0.717, 1.165) is 22.9 Å². The molecule has 0 unspecified atom stereocenters.